The number of carboxylic acid groups (broad SMARTS) is 1. The molecule has 0 spiro atoms. The molecule has 2 saturated carbocycles. The Morgan fingerprint density at radius 3 is 2.10 bits per heavy atom. The first-order chi connectivity index (χ1) is 4.80. The third-order valence-electron chi connectivity index (χ3n) is 2.94. The maximum Gasteiger partial charge on any atom is 0.307 e. The summed E-state index contributed by atoms with van der Waals surface area (Å²) in [7, 11) is 0. The highest BCUT2D eigenvalue weighted by molar-refractivity contribution is 5.74. The first kappa shape index (κ1) is 6.20. The van der Waals surface area contributed by atoms with Crippen LogP contribution in [0.25, 0.3) is 0 Å². The maximum atomic E-state index is 10.5. The van der Waals surface area contributed by atoms with Gasteiger partial charge < -0.3 is 5.11 Å². The monoisotopic (exact) mass is 140 g/mol. The van der Waals surface area contributed by atoms with Crippen LogP contribution in [0.1, 0.15) is 25.7 Å². The summed E-state index contributed by atoms with van der Waals surface area (Å²) < 4.78 is 0. The molecule has 1 N–H and O–H groups in total. The van der Waals surface area contributed by atoms with E-state index >= 15 is 0 Å². The number of carboxylic acids is 1. The van der Waals surface area contributed by atoms with Gasteiger partial charge in [0.05, 0.1) is 5.92 Å². The van der Waals surface area contributed by atoms with Crippen LogP contribution in [0.15, 0.2) is 0 Å². The van der Waals surface area contributed by atoms with Crippen LogP contribution in [0.3, 0.4) is 0 Å². The smallest absolute Gasteiger partial charge is 0.307 e. The number of aliphatic carboxylic acids is 1. The lowest BCUT2D eigenvalue weighted by Crippen LogP contribution is -1.99. The second-order valence-corrected chi connectivity index (χ2v) is 3.48. The molecule has 0 aliphatic heterocycles. The minimum Gasteiger partial charge on any atom is -0.481 e. The van der Waals surface area contributed by atoms with E-state index in [1.54, 1.807) is 0 Å². The minimum atomic E-state index is -0.558. The van der Waals surface area contributed by atoms with Crippen molar-refractivity contribution in [1.82, 2.24) is 0 Å². The second kappa shape index (κ2) is 1.97. The molecule has 2 fully saturated rings. The van der Waals surface area contributed by atoms with Gasteiger partial charge in [-0.15, -0.1) is 0 Å². The lowest BCUT2D eigenvalue weighted by atomic mass is 10.0. The predicted octanol–water partition coefficient (Wildman–Crippen LogP) is 1.51. The second-order valence-electron chi connectivity index (χ2n) is 3.48. The summed E-state index contributed by atoms with van der Waals surface area (Å²) in [4.78, 5) is 10.5. The average molecular weight is 140 g/mol. The number of rotatable bonds is 1. The first-order valence-electron chi connectivity index (χ1n) is 4.03. The van der Waals surface area contributed by atoms with E-state index in [1.165, 1.54) is 25.7 Å². The molecular weight excluding hydrogens is 128 g/mol. The van der Waals surface area contributed by atoms with Crippen molar-refractivity contribution in [3.63, 3.8) is 0 Å². The SMILES string of the molecule is O=C(O)C1C2CCCCC21. The van der Waals surface area contributed by atoms with Crippen molar-refractivity contribution in [1.29, 1.82) is 0 Å². The molecule has 2 heteroatoms. The quantitative estimate of drug-likeness (QED) is 0.599. The Labute approximate surface area is 60.2 Å². The van der Waals surface area contributed by atoms with Crippen LogP contribution < -0.4 is 0 Å². The largest absolute Gasteiger partial charge is 0.481 e. The molecule has 2 aliphatic carbocycles. The normalized spacial score (nSPS) is 44.2. The summed E-state index contributed by atoms with van der Waals surface area (Å²) in [5, 5.41) is 8.68. The van der Waals surface area contributed by atoms with Gasteiger partial charge in [0.1, 0.15) is 0 Å². The fourth-order valence-electron chi connectivity index (χ4n) is 2.36. The van der Waals surface area contributed by atoms with Crippen LogP contribution in [-0.4, -0.2) is 11.1 Å². The molecule has 2 aliphatic rings. The predicted molar refractivity (Wildman–Crippen MR) is 36.6 cm³/mol. The third-order valence-corrected chi connectivity index (χ3v) is 2.94. The van der Waals surface area contributed by atoms with Crippen molar-refractivity contribution in [3.05, 3.63) is 0 Å². The summed E-state index contributed by atoms with van der Waals surface area (Å²) in [5.41, 5.74) is 0. The zero-order chi connectivity index (χ0) is 7.14. The van der Waals surface area contributed by atoms with Crippen LogP contribution in [0.4, 0.5) is 0 Å². The Bertz CT molecular complexity index is 153. The number of hydrogen-bond acceptors (Lipinski definition) is 1. The molecule has 2 nitrogen and oxygen atoms in total. The average Bonchev–Trinajstić information content (AvgIpc) is 2.60. The molecule has 2 unspecified atom stereocenters. The van der Waals surface area contributed by atoms with E-state index in [2.05, 4.69) is 0 Å². The summed E-state index contributed by atoms with van der Waals surface area (Å²) in [6.45, 7) is 0. The summed E-state index contributed by atoms with van der Waals surface area (Å²) in [6.07, 6.45) is 4.85. The first-order valence-corrected chi connectivity index (χ1v) is 4.03. The zero-order valence-electron chi connectivity index (χ0n) is 5.92. The van der Waals surface area contributed by atoms with Crippen LogP contribution in [-0.2, 0) is 4.79 Å². The van der Waals surface area contributed by atoms with Gasteiger partial charge in [-0.1, -0.05) is 12.8 Å². The Balaban J connectivity index is 1.99. The fraction of sp³-hybridized carbons (Fsp3) is 0.875. The highest BCUT2D eigenvalue weighted by Gasteiger charge is 2.54. The molecule has 0 aromatic carbocycles. The fourth-order valence-corrected chi connectivity index (χ4v) is 2.36. The van der Waals surface area contributed by atoms with E-state index in [0.717, 1.165) is 0 Å². The van der Waals surface area contributed by atoms with E-state index < -0.39 is 5.97 Å². The Morgan fingerprint density at radius 2 is 1.70 bits per heavy atom. The van der Waals surface area contributed by atoms with Crippen molar-refractivity contribution in [2.45, 2.75) is 25.7 Å². The standard InChI is InChI=1S/C8H12O2/c9-8(10)7-5-3-1-2-4-6(5)7/h5-7H,1-4H2,(H,9,10). The number of fused-ring (bicyclic) bond motifs is 1. The molecule has 10 heavy (non-hydrogen) atoms. The molecule has 2 atom stereocenters. The van der Waals surface area contributed by atoms with Crippen molar-refractivity contribution in [2.24, 2.45) is 17.8 Å². The maximum absolute atomic E-state index is 10.5. The van der Waals surface area contributed by atoms with E-state index in [0.29, 0.717) is 11.8 Å². The number of hydrogen-bond donors (Lipinski definition) is 1. The van der Waals surface area contributed by atoms with Gasteiger partial charge in [-0.2, -0.15) is 0 Å². The van der Waals surface area contributed by atoms with Gasteiger partial charge in [0.15, 0.2) is 0 Å². The molecule has 2 rings (SSSR count). The molecule has 56 valence electrons. The van der Waals surface area contributed by atoms with E-state index in [9.17, 15) is 4.79 Å². The van der Waals surface area contributed by atoms with Gasteiger partial charge in [-0.25, -0.2) is 0 Å². The van der Waals surface area contributed by atoms with Crippen molar-refractivity contribution in [3.8, 4) is 0 Å². The number of carbonyl (C=O) groups is 1. The molecule has 0 radical (unpaired) electrons. The van der Waals surface area contributed by atoms with Crippen LogP contribution in [0.2, 0.25) is 0 Å². The van der Waals surface area contributed by atoms with E-state index in [-0.39, 0.29) is 5.92 Å². The molecule has 0 amide bonds. The molecule has 0 aromatic heterocycles. The molecule has 0 aromatic rings. The van der Waals surface area contributed by atoms with E-state index in [4.69, 9.17) is 5.11 Å². The highest BCUT2D eigenvalue weighted by atomic mass is 16.4. The Morgan fingerprint density at radius 1 is 1.20 bits per heavy atom. The Hall–Kier alpha value is -0.530. The van der Waals surface area contributed by atoms with Gasteiger partial charge in [-0.3, -0.25) is 4.79 Å². The minimum absolute atomic E-state index is 0.0440. The molecular formula is C8H12O2. The van der Waals surface area contributed by atoms with Gasteiger partial charge in [0, 0.05) is 0 Å². The molecule has 0 heterocycles. The lowest BCUT2D eigenvalue weighted by Gasteiger charge is -2.04. The van der Waals surface area contributed by atoms with Gasteiger partial charge in [0.2, 0.25) is 0 Å². The van der Waals surface area contributed by atoms with Crippen molar-refractivity contribution >= 4 is 5.97 Å². The zero-order valence-corrected chi connectivity index (χ0v) is 5.92. The third kappa shape index (κ3) is 0.746. The van der Waals surface area contributed by atoms with Gasteiger partial charge >= 0.3 is 5.97 Å². The summed E-state index contributed by atoms with van der Waals surface area (Å²) in [5.74, 6) is 0.608. The topological polar surface area (TPSA) is 37.3 Å². The van der Waals surface area contributed by atoms with Crippen LogP contribution in [0.5, 0.6) is 0 Å². The lowest BCUT2D eigenvalue weighted by molar-refractivity contribution is -0.139. The van der Waals surface area contributed by atoms with Crippen LogP contribution >= 0.6 is 0 Å². The van der Waals surface area contributed by atoms with Gasteiger partial charge in [0.25, 0.3) is 0 Å². The molecule has 0 saturated heterocycles. The van der Waals surface area contributed by atoms with Crippen molar-refractivity contribution < 1.29 is 9.90 Å². The Kier molecular flexibility index (Phi) is 1.22. The summed E-state index contributed by atoms with van der Waals surface area (Å²) >= 11 is 0. The van der Waals surface area contributed by atoms with Gasteiger partial charge in [-0.05, 0) is 24.7 Å². The van der Waals surface area contributed by atoms with Crippen molar-refractivity contribution in [2.75, 3.05) is 0 Å². The van der Waals surface area contributed by atoms with Crippen LogP contribution in [0, 0.1) is 17.8 Å². The molecule has 0 bridgehead atoms. The summed E-state index contributed by atoms with van der Waals surface area (Å²) in [6, 6.07) is 0. The van der Waals surface area contributed by atoms with E-state index in [1.807, 2.05) is 0 Å². The highest BCUT2D eigenvalue weighted by Crippen LogP contribution is 2.55.